The molecule has 1 heterocycles. The fourth-order valence-electron chi connectivity index (χ4n) is 0.954. The number of aryl methyl sites for hydroxylation is 2. The van der Waals surface area contributed by atoms with Crippen LogP contribution in [0.3, 0.4) is 0 Å². The Morgan fingerprint density at radius 3 is 3.00 bits per heavy atom. The molecule has 4 heteroatoms. The third-order valence-corrected chi connectivity index (χ3v) is 1.71. The van der Waals surface area contributed by atoms with E-state index >= 15 is 0 Å². The standard InChI is InChI=1S/C9H13NO3/c1-3-8-10-6-7(13-8)4-5-9(11)12-2/h6H,3-5H2,1-2H3. The van der Waals surface area contributed by atoms with Crippen LogP contribution in [0.5, 0.6) is 0 Å². The molecule has 13 heavy (non-hydrogen) atoms. The Bertz CT molecular complexity index is 280. The number of carbonyl (C=O) groups excluding carboxylic acids is 1. The molecule has 0 N–H and O–H groups in total. The Labute approximate surface area is 76.9 Å². The summed E-state index contributed by atoms with van der Waals surface area (Å²) in [4.78, 5) is 14.8. The maximum Gasteiger partial charge on any atom is 0.305 e. The molecule has 0 amide bonds. The van der Waals surface area contributed by atoms with Gasteiger partial charge in [0.15, 0.2) is 5.89 Å². The Balaban J connectivity index is 2.41. The number of hydrogen-bond acceptors (Lipinski definition) is 4. The second kappa shape index (κ2) is 4.64. The fourth-order valence-corrected chi connectivity index (χ4v) is 0.954. The van der Waals surface area contributed by atoms with E-state index in [2.05, 4.69) is 9.72 Å². The van der Waals surface area contributed by atoms with Crippen LogP contribution in [-0.2, 0) is 22.4 Å². The van der Waals surface area contributed by atoms with E-state index in [0.29, 0.717) is 18.7 Å². The van der Waals surface area contributed by atoms with Gasteiger partial charge in [0.25, 0.3) is 0 Å². The van der Waals surface area contributed by atoms with Gasteiger partial charge in [0, 0.05) is 12.8 Å². The topological polar surface area (TPSA) is 52.3 Å². The Kier molecular flexibility index (Phi) is 3.49. The van der Waals surface area contributed by atoms with Crippen LogP contribution in [0.1, 0.15) is 25.0 Å². The highest BCUT2D eigenvalue weighted by molar-refractivity contribution is 5.69. The Morgan fingerprint density at radius 1 is 1.69 bits per heavy atom. The average Bonchev–Trinajstić information content (AvgIpc) is 2.61. The maximum absolute atomic E-state index is 10.8. The summed E-state index contributed by atoms with van der Waals surface area (Å²) in [6, 6.07) is 0. The van der Waals surface area contributed by atoms with Gasteiger partial charge in [-0.1, -0.05) is 6.92 Å². The predicted octanol–water partition coefficient (Wildman–Crippen LogP) is 1.34. The van der Waals surface area contributed by atoms with Crippen molar-refractivity contribution in [3.63, 3.8) is 0 Å². The number of carbonyl (C=O) groups is 1. The summed E-state index contributed by atoms with van der Waals surface area (Å²) in [6.45, 7) is 1.97. The van der Waals surface area contributed by atoms with Crippen molar-refractivity contribution in [3.8, 4) is 0 Å². The van der Waals surface area contributed by atoms with Crippen molar-refractivity contribution in [2.45, 2.75) is 26.2 Å². The fraction of sp³-hybridized carbons (Fsp3) is 0.556. The van der Waals surface area contributed by atoms with Crippen LogP contribution in [0.15, 0.2) is 10.6 Å². The lowest BCUT2D eigenvalue weighted by atomic mass is 10.3. The monoisotopic (exact) mass is 183 g/mol. The van der Waals surface area contributed by atoms with Gasteiger partial charge in [-0.3, -0.25) is 4.79 Å². The van der Waals surface area contributed by atoms with Crippen LogP contribution in [0.4, 0.5) is 0 Å². The van der Waals surface area contributed by atoms with Crippen molar-refractivity contribution in [1.82, 2.24) is 4.98 Å². The van der Waals surface area contributed by atoms with E-state index < -0.39 is 0 Å². The maximum atomic E-state index is 10.8. The first-order valence-corrected chi connectivity index (χ1v) is 4.26. The van der Waals surface area contributed by atoms with Crippen LogP contribution in [0.2, 0.25) is 0 Å². The number of rotatable bonds is 4. The number of oxazole rings is 1. The third-order valence-electron chi connectivity index (χ3n) is 1.71. The lowest BCUT2D eigenvalue weighted by molar-refractivity contribution is -0.140. The molecule has 0 spiro atoms. The smallest absolute Gasteiger partial charge is 0.305 e. The van der Waals surface area contributed by atoms with Crippen molar-refractivity contribution in [2.24, 2.45) is 0 Å². The largest absolute Gasteiger partial charge is 0.469 e. The van der Waals surface area contributed by atoms with Crippen molar-refractivity contribution >= 4 is 5.97 Å². The number of hydrogen-bond donors (Lipinski definition) is 0. The van der Waals surface area contributed by atoms with Crippen molar-refractivity contribution < 1.29 is 13.9 Å². The summed E-state index contributed by atoms with van der Waals surface area (Å²) in [5, 5.41) is 0. The SMILES string of the molecule is CCc1ncc(CCC(=O)OC)o1. The van der Waals surface area contributed by atoms with E-state index in [1.165, 1.54) is 7.11 Å². The lowest BCUT2D eigenvalue weighted by Crippen LogP contribution is -2.01. The minimum atomic E-state index is -0.227. The first-order chi connectivity index (χ1) is 6.26. The van der Waals surface area contributed by atoms with Crippen LogP contribution < -0.4 is 0 Å². The number of methoxy groups -OCH3 is 1. The molecule has 0 aliphatic rings. The minimum absolute atomic E-state index is 0.227. The number of ether oxygens (including phenoxy) is 1. The van der Waals surface area contributed by atoms with Gasteiger partial charge in [0.05, 0.1) is 19.7 Å². The van der Waals surface area contributed by atoms with Crippen LogP contribution in [-0.4, -0.2) is 18.1 Å². The van der Waals surface area contributed by atoms with E-state index in [-0.39, 0.29) is 5.97 Å². The summed E-state index contributed by atoms with van der Waals surface area (Å²) < 4.78 is 9.81. The molecule has 0 fully saturated rings. The van der Waals surface area contributed by atoms with Crippen molar-refractivity contribution in [2.75, 3.05) is 7.11 Å². The highest BCUT2D eigenvalue weighted by Crippen LogP contribution is 2.06. The summed E-state index contributed by atoms with van der Waals surface area (Å²) in [5.74, 6) is 1.22. The molecule has 4 nitrogen and oxygen atoms in total. The highest BCUT2D eigenvalue weighted by Gasteiger charge is 2.05. The Morgan fingerprint density at radius 2 is 2.46 bits per heavy atom. The molecule has 0 unspecified atom stereocenters. The number of esters is 1. The molecule has 1 aromatic rings. The van der Waals surface area contributed by atoms with Gasteiger partial charge in [-0.2, -0.15) is 0 Å². The van der Waals surface area contributed by atoms with Gasteiger partial charge in [0.1, 0.15) is 5.76 Å². The van der Waals surface area contributed by atoms with Gasteiger partial charge < -0.3 is 9.15 Å². The molecule has 0 aliphatic carbocycles. The molecule has 1 rings (SSSR count). The highest BCUT2D eigenvalue weighted by atomic mass is 16.5. The number of nitrogens with zero attached hydrogens (tertiary/aromatic N) is 1. The average molecular weight is 183 g/mol. The first-order valence-electron chi connectivity index (χ1n) is 4.26. The van der Waals surface area contributed by atoms with Gasteiger partial charge in [-0.15, -0.1) is 0 Å². The zero-order valence-electron chi connectivity index (χ0n) is 7.87. The number of aromatic nitrogens is 1. The minimum Gasteiger partial charge on any atom is -0.469 e. The predicted molar refractivity (Wildman–Crippen MR) is 46.2 cm³/mol. The second-order valence-electron chi connectivity index (χ2n) is 2.65. The van der Waals surface area contributed by atoms with E-state index in [9.17, 15) is 4.79 Å². The Hall–Kier alpha value is -1.32. The normalized spacial score (nSPS) is 10.0. The van der Waals surface area contributed by atoms with Crippen LogP contribution in [0.25, 0.3) is 0 Å². The van der Waals surface area contributed by atoms with Gasteiger partial charge in [0.2, 0.25) is 0 Å². The van der Waals surface area contributed by atoms with Crippen LogP contribution in [0, 0.1) is 0 Å². The lowest BCUT2D eigenvalue weighted by Gasteiger charge is -1.95. The van der Waals surface area contributed by atoms with E-state index in [1.54, 1.807) is 6.20 Å². The second-order valence-corrected chi connectivity index (χ2v) is 2.65. The molecule has 72 valence electrons. The molecule has 0 aliphatic heterocycles. The molecular formula is C9H13NO3. The first kappa shape index (κ1) is 9.77. The molecule has 0 saturated carbocycles. The van der Waals surface area contributed by atoms with Gasteiger partial charge in [-0.25, -0.2) is 4.98 Å². The summed E-state index contributed by atoms with van der Waals surface area (Å²) in [5.41, 5.74) is 0. The molecule has 0 bridgehead atoms. The molecule has 1 aromatic heterocycles. The van der Waals surface area contributed by atoms with E-state index in [4.69, 9.17) is 4.42 Å². The molecule has 0 aromatic carbocycles. The summed E-state index contributed by atoms with van der Waals surface area (Å²) >= 11 is 0. The van der Waals surface area contributed by atoms with E-state index in [0.717, 1.165) is 12.2 Å². The third kappa shape index (κ3) is 2.89. The summed E-state index contributed by atoms with van der Waals surface area (Å²) in [6.07, 6.45) is 3.33. The van der Waals surface area contributed by atoms with Crippen LogP contribution >= 0.6 is 0 Å². The molecule has 0 radical (unpaired) electrons. The zero-order valence-corrected chi connectivity index (χ0v) is 7.87. The zero-order chi connectivity index (χ0) is 9.68. The van der Waals surface area contributed by atoms with Gasteiger partial charge >= 0.3 is 5.97 Å². The quantitative estimate of drug-likeness (QED) is 0.661. The molecule has 0 saturated heterocycles. The van der Waals surface area contributed by atoms with Crippen molar-refractivity contribution in [1.29, 1.82) is 0 Å². The van der Waals surface area contributed by atoms with E-state index in [1.807, 2.05) is 6.92 Å². The summed E-state index contributed by atoms with van der Waals surface area (Å²) in [7, 11) is 1.38. The molecule has 0 atom stereocenters. The van der Waals surface area contributed by atoms with Crippen molar-refractivity contribution in [3.05, 3.63) is 17.8 Å². The van der Waals surface area contributed by atoms with Gasteiger partial charge in [-0.05, 0) is 0 Å². The molecular weight excluding hydrogens is 170 g/mol.